The number of hydrogen-bond donors (Lipinski definition) is 0. The molecule has 20 heavy (non-hydrogen) atoms. The first-order valence-corrected chi connectivity index (χ1v) is 6.74. The van der Waals surface area contributed by atoms with Gasteiger partial charge in [0.2, 0.25) is 0 Å². The molecule has 0 N–H and O–H groups in total. The minimum Gasteiger partial charge on any atom is -0.312 e. The van der Waals surface area contributed by atoms with Gasteiger partial charge >= 0.3 is 0 Å². The molecule has 0 bridgehead atoms. The van der Waals surface area contributed by atoms with Crippen molar-refractivity contribution in [2.75, 3.05) is 0 Å². The van der Waals surface area contributed by atoms with Crippen molar-refractivity contribution in [2.45, 2.75) is 6.42 Å². The molecule has 0 unspecified atom stereocenters. The molecule has 104 valence electrons. The highest BCUT2D eigenvalue weighted by Crippen LogP contribution is 2.22. The summed E-state index contributed by atoms with van der Waals surface area (Å²) in [6, 6.07) is 5.81. The van der Waals surface area contributed by atoms with Crippen LogP contribution < -0.4 is 5.56 Å². The lowest BCUT2D eigenvalue weighted by molar-refractivity contribution is -0.386. The Bertz CT molecular complexity index is 743. The van der Waals surface area contributed by atoms with E-state index in [0.717, 1.165) is 14.3 Å². The van der Waals surface area contributed by atoms with Crippen LogP contribution in [0, 0.1) is 19.5 Å². The second-order valence-electron chi connectivity index (χ2n) is 4.30. The van der Waals surface area contributed by atoms with Crippen LogP contribution in [0.3, 0.4) is 0 Å². The van der Waals surface area contributed by atoms with E-state index in [9.17, 15) is 19.3 Å². The zero-order chi connectivity index (χ0) is 14.9. The number of rotatable bonds is 3. The van der Waals surface area contributed by atoms with Crippen molar-refractivity contribution >= 4 is 28.3 Å². The number of nitro groups is 1. The fourth-order valence-corrected chi connectivity index (χ4v) is 2.28. The Labute approximate surface area is 127 Å². The average Bonchev–Trinajstić information content (AvgIpc) is 2.36. The largest absolute Gasteiger partial charge is 0.312 e. The molecular formula is C13H10FIN2O3. The molecule has 2 aromatic rings. The van der Waals surface area contributed by atoms with Crippen LogP contribution in [0.2, 0.25) is 0 Å². The fraction of sp³-hybridized carbons (Fsp3) is 0.154. The third-order valence-corrected chi connectivity index (χ3v) is 3.55. The third-order valence-electron chi connectivity index (χ3n) is 2.88. The van der Waals surface area contributed by atoms with Gasteiger partial charge in [-0.15, -0.1) is 0 Å². The zero-order valence-corrected chi connectivity index (χ0v) is 12.6. The fourth-order valence-electron chi connectivity index (χ4n) is 1.83. The third kappa shape index (κ3) is 3.03. The van der Waals surface area contributed by atoms with E-state index in [1.807, 2.05) is 22.6 Å². The van der Waals surface area contributed by atoms with Crippen molar-refractivity contribution in [3.63, 3.8) is 0 Å². The molecule has 0 saturated carbocycles. The molecule has 0 aliphatic rings. The summed E-state index contributed by atoms with van der Waals surface area (Å²) in [7, 11) is 1.44. The van der Waals surface area contributed by atoms with Gasteiger partial charge in [-0.05, 0) is 40.3 Å². The maximum atomic E-state index is 13.8. The number of aromatic nitrogens is 1. The number of nitrogens with zero attached hydrogens (tertiary/aromatic N) is 2. The van der Waals surface area contributed by atoms with Gasteiger partial charge in [0.1, 0.15) is 5.82 Å². The van der Waals surface area contributed by atoms with Crippen LogP contribution in [-0.2, 0) is 13.5 Å². The van der Waals surface area contributed by atoms with Gasteiger partial charge in [0.05, 0.1) is 11.1 Å². The lowest BCUT2D eigenvalue weighted by Crippen LogP contribution is -2.17. The van der Waals surface area contributed by atoms with Crippen molar-refractivity contribution in [2.24, 2.45) is 7.05 Å². The second-order valence-corrected chi connectivity index (χ2v) is 5.55. The van der Waals surface area contributed by atoms with Gasteiger partial charge in [0.15, 0.2) is 0 Å². The van der Waals surface area contributed by atoms with Gasteiger partial charge in [-0.25, -0.2) is 4.39 Å². The van der Waals surface area contributed by atoms with E-state index >= 15 is 0 Å². The first kappa shape index (κ1) is 14.6. The predicted molar refractivity (Wildman–Crippen MR) is 80.3 cm³/mol. The smallest absolute Gasteiger partial charge is 0.289 e. The van der Waals surface area contributed by atoms with Gasteiger partial charge in [0.25, 0.3) is 11.2 Å². The number of pyridine rings is 1. The van der Waals surface area contributed by atoms with E-state index in [4.69, 9.17) is 0 Å². The number of halogens is 2. The highest BCUT2D eigenvalue weighted by atomic mass is 127. The van der Waals surface area contributed by atoms with E-state index in [2.05, 4.69) is 0 Å². The van der Waals surface area contributed by atoms with E-state index in [-0.39, 0.29) is 23.2 Å². The van der Waals surface area contributed by atoms with E-state index in [1.54, 1.807) is 12.1 Å². The molecule has 0 aliphatic heterocycles. The molecule has 0 spiro atoms. The van der Waals surface area contributed by atoms with Crippen LogP contribution in [-0.4, -0.2) is 9.49 Å². The van der Waals surface area contributed by atoms with Crippen molar-refractivity contribution in [1.82, 2.24) is 4.57 Å². The Morgan fingerprint density at radius 1 is 1.35 bits per heavy atom. The molecule has 1 aromatic heterocycles. The summed E-state index contributed by atoms with van der Waals surface area (Å²) in [5, 5.41) is 11.0. The van der Waals surface area contributed by atoms with Gasteiger partial charge in [-0.2, -0.15) is 0 Å². The summed E-state index contributed by atoms with van der Waals surface area (Å²) in [5.41, 5.74) is -0.0263. The topological polar surface area (TPSA) is 65.1 Å². The molecule has 7 heteroatoms. The Morgan fingerprint density at radius 2 is 2.05 bits per heavy atom. The van der Waals surface area contributed by atoms with Crippen LogP contribution >= 0.6 is 22.6 Å². The summed E-state index contributed by atoms with van der Waals surface area (Å²) in [6.45, 7) is 0. The molecule has 5 nitrogen and oxygen atoms in total. The van der Waals surface area contributed by atoms with Crippen LogP contribution in [0.25, 0.3) is 0 Å². The summed E-state index contributed by atoms with van der Waals surface area (Å²) in [4.78, 5) is 22.0. The lowest BCUT2D eigenvalue weighted by atomic mass is 10.0. The van der Waals surface area contributed by atoms with E-state index in [0.29, 0.717) is 5.56 Å². The summed E-state index contributed by atoms with van der Waals surface area (Å²) in [5.74, 6) is -0.438. The molecule has 0 atom stereocenters. The normalized spacial score (nSPS) is 10.6. The highest BCUT2D eigenvalue weighted by Gasteiger charge is 2.17. The summed E-state index contributed by atoms with van der Waals surface area (Å²) in [6.07, 6.45) is 1.16. The first-order valence-electron chi connectivity index (χ1n) is 5.66. The van der Waals surface area contributed by atoms with Crippen LogP contribution in [0.1, 0.15) is 11.1 Å². The van der Waals surface area contributed by atoms with E-state index in [1.165, 1.54) is 19.2 Å². The predicted octanol–water partition coefficient (Wildman–Crippen LogP) is 2.63. The molecule has 1 heterocycles. The maximum Gasteiger partial charge on any atom is 0.289 e. The molecule has 0 amide bonds. The maximum absolute atomic E-state index is 13.8. The highest BCUT2D eigenvalue weighted by molar-refractivity contribution is 14.1. The molecule has 0 aliphatic carbocycles. The molecule has 0 radical (unpaired) electrons. The SMILES string of the molecule is Cn1cc([N+](=O)[O-])c(Cc2ccc(I)cc2F)cc1=O. The minimum atomic E-state index is -0.570. The van der Waals surface area contributed by atoms with Gasteiger partial charge in [-0.1, -0.05) is 6.07 Å². The zero-order valence-electron chi connectivity index (χ0n) is 10.5. The standard InChI is InChI=1S/C13H10FIN2O3/c1-16-7-12(17(19)20)9(5-13(16)18)4-8-2-3-10(15)6-11(8)14/h2-3,5-7H,4H2,1H3. The molecule has 0 saturated heterocycles. The lowest BCUT2D eigenvalue weighted by Gasteiger charge is -2.06. The monoisotopic (exact) mass is 388 g/mol. The van der Waals surface area contributed by atoms with Gasteiger partial charge < -0.3 is 4.57 Å². The number of benzene rings is 1. The van der Waals surface area contributed by atoms with E-state index < -0.39 is 10.7 Å². The van der Waals surface area contributed by atoms with Crippen molar-refractivity contribution in [1.29, 1.82) is 0 Å². The average molecular weight is 388 g/mol. The second kappa shape index (κ2) is 5.70. The molecule has 2 rings (SSSR count). The van der Waals surface area contributed by atoms with Crippen molar-refractivity contribution < 1.29 is 9.31 Å². The van der Waals surface area contributed by atoms with Crippen LogP contribution in [0.5, 0.6) is 0 Å². The molecular weight excluding hydrogens is 378 g/mol. The Balaban J connectivity index is 2.50. The van der Waals surface area contributed by atoms with Crippen molar-refractivity contribution in [3.8, 4) is 0 Å². The van der Waals surface area contributed by atoms with Gasteiger partial charge in [-0.3, -0.25) is 14.9 Å². The van der Waals surface area contributed by atoms with Gasteiger partial charge in [0, 0.05) is 28.7 Å². The van der Waals surface area contributed by atoms with Crippen LogP contribution in [0.15, 0.2) is 35.3 Å². The summed E-state index contributed by atoms with van der Waals surface area (Å²) >= 11 is 1.98. The summed E-state index contributed by atoms with van der Waals surface area (Å²) < 4.78 is 15.7. The molecule has 1 aromatic carbocycles. The Hall–Kier alpha value is -1.77. The quantitative estimate of drug-likeness (QED) is 0.462. The Morgan fingerprint density at radius 3 is 2.65 bits per heavy atom. The molecule has 0 fully saturated rings. The first-order chi connectivity index (χ1) is 9.38. The van der Waals surface area contributed by atoms with Crippen LogP contribution in [0.4, 0.5) is 10.1 Å². The van der Waals surface area contributed by atoms with Crippen molar-refractivity contribution in [3.05, 3.63) is 71.4 Å². The number of hydrogen-bond acceptors (Lipinski definition) is 3. The minimum absolute atomic E-state index is 0.00907. The Kier molecular flexibility index (Phi) is 4.17. The number of aryl methyl sites for hydroxylation is 1.